The summed E-state index contributed by atoms with van der Waals surface area (Å²) in [5.74, 6) is -1.30. The van der Waals surface area contributed by atoms with Crippen molar-refractivity contribution in [1.82, 2.24) is 4.90 Å². The Morgan fingerprint density at radius 3 is 2.45 bits per heavy atom. The number of nitrogens with zero attached hydrogens (tertiary/aromatic N) is 2. The molecule has 3 aromatic rings. The quantitative estimate of drug-likeness (QED) is 0.619. The van der Waals surface area contributed by atoms with Gasteiger partial charge in [-0.05, 0) is 29.7 Å². The fraction of sp³-hybridized carbons (Fsp3) is 0.217. The summed E-state index contributed by atoms with van der Waals surface area (Å²) in [6, 6.07) is 20.3. The number of hydrogen-bond acceptors (Lipinski definition) is 6. The fourth-order valence-electron chi connectivity index (χ4n) is 3.69. The minimum absolute atomic E-state index is 0.104. The second-order valence-electron chi connectivity index (χ2n) is 7.39. The minimum atomic E-state index is -3.74. The van der Waals surface area contributed by atoms with Crippen molar-refractivity contribution < 1.29 is 13.2 Å². The van der Waals surface area contributed by atoms with Crippen LogP contribution in [0.4, 0.5) is 5.00 Å². The predicted octanol–water partition coefficient (Wildman–Crippen LogP) is 3.59. The third-order valence-electron chi connectivity index (χ3n) is 5.17. The lowest BCUT2D eigenvalue weighted by atomic mass is 10.0. The number of nitriles is 1. The van der Waals surface area contributed by atoms with E-state index in [2.05, 4.69) is 28.4 Å². The topological polar surface area (TPSA) is 90.3 Å². The van der Waals surface area contributed by atoms with Gasteiger partial charge >= 0.3 is 0 Å². The Balaban J connectivity index is 1.48. The lowest BCUT2D eigenvalue weighted by Crippen LogP contribution is -2.29. The summed E-state index contributed by atoms with van der Waals surface area (Å²) in [7, 11) is -3.74. The molecule has 0 aliphatic carbocycles. The summed E-state index contributed by atoms with van der Waals surface area (Å²) < 4.78 is 24.9. The molecule has 0 fully saturated rings. The Morgan fingerprint density at radius 2 is 1.77 bits per heavy atom. The van der Waals surface area contributed by atoms with Gasteiger partial charge in [-0.3, -0.25) is 9.69 Å². The van der Waals surface area contributed by atoms with Crippen LogP contribution in [0.25, 0.3) is 0 Å². The van der Waals surface area contributed by atoms with Gasteiger partial charge in [0, 0.05) is 24.5 Å². The number of carbonyl (C=O) groups excluding carboxylic acids is 1. The monoisotopic (exact) mass is 451 g/mol. The number of fused-ring (bicyclic) bond motifs is 1. The maximum Gasteiger partial charge on any atom is 0.240 e. The second-order valence-corrected chi connectivity index (χ2v) is 10.5. The van der Waals surface area contributed by atoms with Crippen molar-refractivity contribution in [3.05, 3.63) is 82.2 Å². The summed E-state index contributed by atoms with van der Waals surface area (Å²) >= 11 is 1.36. The number of anilines is 1. The number of nitrogens with one attached hydrogen (secondary N) is 1. The van der Waals surface area contributed by atoms with Crippen LogP contribution in [0.1, 0.15) is 21.6 Å². The van der Waals surface area contributed by atoms with E-state index in [1.807, 2.05) is 18.2 Å². The highest BCUT2D eigenvalue weighted by atomic mass is 32.2. The largest absolute Gasteiger partial charge is 0.316 e. The van der Waals surface area contributed by atoms with Crippen molar-refractivity contribution in [2.75, 3.05) is 17.6 Å². The van der Waals surface area contributed by atoms with E-state index < -0.39 is 21.5 Å². The molecule has 0 radical (unpaired) electrons. The number of thiophene rings is 1. The average Bonchev–Trinajstić information content (AvgIpc) is 3.10. The molecule has 0 bridgehead atoms. The molecule has 0 saturated carbocycles. The van der Waals surface area contributed by atoms with Crippen LogP contribution in [0.15, 0.2) is 65.6 Å². The molecule has 1 aliphatic rings. The van der Waals surface area contributed by atoms with E-state index in [-0.39, 0.29) is 4.90 Å². The molecule has 1 aliphatic heterocycles. The molecular weight excluding hydrogens is 430 g/mol. The first-order chi connectivity index (χ1) is 15.0. The zero-order valence-corrected chi connectivity index (χ0v) is 18.4. The van der Waals surface area contributed by atoms with Crippen LogP contribution in [-0.2, 0) is 34.1 Å². The van der Waals surface area contributed by atoms with Crippen LogP contribution >= 0.6 is 11.3 Å². The maximum atomic E-state index is 12.5. The Morgan fingerprint density at radius 1 is 1.10 bits per heavy atom. The highest BCUT2D eigenvalue weighted by molar-refractivity contribution is 7.92. The van der Waals surface area contributed by atoms with Crippen molar-refractivity contribution in [3.8, 4) is 6.07 Å². The molecule has 4 rings (SSSR count). The van der Waals surface area contributed by atoms with Crippen molar-refractivity contribution >= 4 is 32.1 Å². The molecule has 1 amide bonds. The standard InChI is InChI=1S/C23H21N3O3S2/c24-13-20-19-11-12-26(14-17-7-3-1-4-8-17)15-21(19)30-23(20)25-22(27)16-31(28,29)18-9-5-2-6-10-18/h1-10H,11-12,14-16H2,(H,25,27). The van der Waals surface area contributed by atoms with E-state index in [0.29, 0.717) is 17.1 Å². The van der Waals surface area contributed by atoms with Crippen molar-refractivity contribution in [2.24, 2.45) is 0 Å². The highest BCUT2D eigenvalue weighted by Crippen LogP contribution is 2.37. The van der Waals surface area contributed by atoms with Crippen LogP contribution in [0, 0.1) is 11.3 Å². The van der Waals surface area contributed by atoms with Crippen LogP contribution in [0.3, 0.4) is 0 Å². The second kappa shape index (κ2) is 9.02. The zero-order chi connectivity index (χ0) is 21.8. The molecule has 31 heavy (non-hydrogen) atoms. The summed E-state index contributed by atoms with van der Waals surface area (Å²) in [6.07, 6.45) is 0.722. The number of carbonyl (C=O) groups is 1. The van der Waals surface area contributed by atoms with E-state index in [0.717, 1.165) is 30.0 Å². The summed E-state index contributed by atoms with van der Waals surface area (Å²) in [6.45, 7) is 2.34. The number of benzene rings is 2. The lowest BCUT2D eigenvalue weighted by molar-refractivity contribution is -0.113. The minimum Gasteiger partial charge on any atom is -0.316 e. The summed E-state index contributed by atoms with van der Waals surface area (Å²) in [5, 5.41) is 12.8. The smallest absolute Gasteiger partial charge is 0.240 e. The van der Waals surface area contributed by atoms with Gasteiger partial charge in [-0.1, -0.05) is 48.5 Å². The van der Waals surface area contributed by atoms with E-state index >= 15 is 0 Å². The molecule has 8 heteroatoms. The van der Waals surface area contributed by atoms with Crippen molar-refractivity contribution in [3.63, 3.8) is 0 Å². The van der Waals surface area contributed by atoms with Gasteiger partial charge in [-0.25, -0.2) is 8.42 Å². The number of rotatable bonds is 6. The van der Waals surface area contributed by atoms with Gasteiger partial charge in [0.15, 0.2) is 9.84 Å². The van der Waals surface area contributed by atoms with E-state index in [9.17, 15) is 18.5 Å². The van der Waals surface area contributed by atoms with Crippen molar-refractivity contribution in [1.29, 1.82) is 5.26 Å². The first-order valence-corrected chi connectivity index (χ1v) is 12.3. The molecule has 2 heterocycles. The summed E-state index contributed by atoms with van der Waals surface area (Å²) in [5.41, 5.74) is 2.63. The molecule has 6 nitrogen and oxygen atoms in total. The molecule has 0 atom stereocenters. The molecule has 2 aromatic carbocycles. The van der Waals surface area contributed by atoms with Gasteiger partial charge in [-0.15, -0.1) is 11.3 Å². The SMILES string of the molecule is N#Cc1c(NC(=O)CS(=O)(=O)c2ccccc2)sc2c1CCN(Cc1ccccc1)C2. The molecular formula is C23H21N3O3S2. The van der Waals surface area contributed by atoms with E-state index in [1.54, 1.807) is 18.2 Å². The van der Waals surface area contributed by atoms with Gasteiger partial charge in [0.05, 0.1) is 10.5 Å². The molecule has 1 aromatic heterocycles. The van der Waals surface area contributed by atoms with Crippen LogP contribution < -0.4 is 5.32 Å². The first-order valence-electron chi connectivity index (χ1n) is 9.85. The molecule has 1 N–H and O–H groups in total. The lowest BCUT2D eigenvalue weighted by Gasteiger charge is -2.26. The Bertz CT molecular complexity index is 1230. The molecule has 0 unspecified atom stereocenters. The van der Waals surface area contributed by atoms with E-state index in [1.165, 1.54) is 29.0 Å². The Hall–Kier alpha value is -2.99. The number of sulfone groups is 1. The maximum absolute atomic E-state index is 12.5. The third kappa shape index (κ3) is 4.85. The van der Waals surface area contributed by atoms with Gasteiger partial charge in [0.2, 0.25) is 5.91 Å². The normalized spacial score (nSPS) is 13.9. The molecule has 0 spiro atoms. The highest BCUT2D eigenvalue weighted by Gasteiger charge is 2.26. The van der Waals surface area contributed by atoms with Gasteiger partial charge in [0.25, 0.3) is 0 Å². The van der Waals surface area contributed by atoms with Crippen molar-refractivity contribution in [2.45, 2.75) is 24.4 Å². The number of amides is 1. The van der Waals surface area contributed by atoms with Crippen LogP contribution in [-0.4, -0.2) is 31.5 Å². The van der Waals surface area contributed by atoms with Crippen LogP contribution in [0.5, 0.6) is 0 Å². The Kier molecular flexibility index (Phi) is 6.18. The Labute approximate surface area is 185 Å². The van der Waals surface area contributed by atoms with Gasteiger partial charge < -0.3 is 5.32 Å². The van der Waals surface area contributed by atoms with Crippen LogP contribution in [0.2, 0.25) is 0 Å². The third-order valence-corrected chi connectivity index (χ3v) is 7.94. The average molecular weight is 452 g/mol. The van der Waals surface area contributed by atoms with Gasteiger partial charge in [-0.2, -0.15) is 5.26 Å². The number of hydrogen-bond donors (Lipinski definition) is 1. The first kappa shape index (κ1) is 21.2. The van der Waals surface area contributed by atoms with Gasteiger partial charge in [0.1, 0.15) is 16.8 Å². The fourth-order valence-corrected chi connectivity index (χ4v) is 6.10. The molecule has 158 valence electrons. The summed E-state index contributed by atoms with van der Waals surface area (Å²) in [4.78, 5) is 15.9. The zero-order valence-electron chi connectivity index (χ0n) is 16.7. The van der Waals surface area contributed by atoms with E-state index in [4.69, 9.17) is 0 Å². The predicted molar refractivity (Wildman–Crippen MR) is 120 cm³/mol. The molecule has 0 saturated heterocycles.